The quantitative estimate of drug-likeness (QED) is 0.0508. The highest BCUT2D eigenvalue weighted by atomic mass is 16.4. The predicted molar refractivity (Wildman–Crippen MR) is 265 cm³/mol. The van der Waals surface area contributed by atoms with Crippen LogP contribution in [0.3, 0.4) is 0 Å². The number of rotatable bonds is 27. The van der Waals surface area contributed by atoms with Crippen LogP contribution in [0.5, 0.6) is 0 Å². The van der Waals surface area contributed by atoms with E-state index in [0.29, 0.717) is 45.3 Å². The number of carbonyl (C=O) groups is 10. The lowest BCUT2D eigenvalue weighted by atomic mass is 9.81. The Morgan fingerprint density at radius 1 is 0.527 bits per heavy atom. The van der Waals surface area contributed by atoms with Gasteiger partial charge in [-0.15, -0.1) is 0 Å². The van der Waals surface area contributed by atoms with Crippen molar-refractivity contribution >= 4 is 70.3 Å². The van der Waals surface area contributed by atoms with Crippen molar-refractivity contribution in [1.82, 2.24) is 46.2 Å². The number of nitrogens with zero attached hydrogens (tertiary/aromatic N) is 4. The number of aliphatic carboxylic acids is 6. The Kier molecular flexibility index (Phi) is 24.9. The van der Waals surface area contributed by atoms with Crippen LogP contribution in [0.4, 0.5) is 4.79 Å². The summed E-state index contributed by atoms with van der Waals surface area (Å²) in [5, 5.41) is 71.3. The smallest absolute Gasteiger partial charge is 0.326 e. The first-order chi connectivity index (χ1) is 35.3. The summed E-state index contributed by atoms with van der Waals surface area (Å²) in [4.78, 5) is 129. The Morgan fingerprint density at radius 2 is 1.03 bits per heavy atom. The van der Waals surface area contributed by atoms with Crippen molar-refractivity contribution in [3.05, 3.63) is 48.0 Å². The van der Waals surface area contributed by atoms with Crippen LogP contribution in [-0.2, 0) is 49.6 Å². The molecule has 2 aliphatic rings. The summed E-state index contributed by atoms with van der Waals surface area (Å²) < 4.78 is 0. The lowest BCUT2D eigenvalue weighted by Crippen LogP contribution is -2.51. The first-order valence-electron chi connectivity index (χ1n) is 24.9. The number of carboxylic acid groups (broad SMARTS) is 6. The van der Waals surface area contributed by atoms with Crippen LogP contribution in [0.1, 0.15) is 63.4 Å². The number of carboxylic acids is 6. The molecule has 2 fully saturated rings. The molecule has 11 N–H and O–H groups in total. The van der Waals surface area contributed by atoms with E-state index >= 15 is 0 Å². The molecule has 1 saturated carbocycles. The number of nitrogens with one attached hydrogen (secondary N) is 5. The topological polar surface area (TPSA) is 365 Å². The molecular weight excluding hydrogens is 971 g/mol. The Bertz CT molecular complexity index is 2220. The molecule has 0 aromatic heterocycles. The van der Waals surface area contributed by atoms with Gasteiger partial charge in [0.25, 0.3) is 0 Å². The summed E-state index contributed by atoms with van der Waals surface area (Å²) >= 11 is 0. The normalized spacial score (nSPS) is 18.8. The minimum Gasteiger partial charge on any atom is -0.481 e. The Labute approximate surface area is 428 Å². The van der Waals surface area contributed by atoms with Crippen LogP contribution < -0.4 is 26.6 Å². The zero-order chi connectivity index (χ0) is 54.2. The molecule has 1 saturated heterocycles. The van der Waals surface area contributed by atoms with Gasteiger partial charge in [-0.05, 0) is 73.6 Å². The maximum atomic E-state index is 13.9. The van der Waals surface area contributed by atoms with Crippen LogP contribution in [0.25, 0.3) is 10.8 Å². The average molecular weight is 1040 g/mol. The van der Waals surface area contributed by atoms with Crippen LogP contribution in [0, 0.1) is 11.8 Å². The summed E-state index contributed by atoms with van der Waals surface area (Å²) in [6, 6.07) is 8.30. The molecule has 5 amide bonds. The SMILES string of the molecule is O=C(O)CC[C@H](NC(=O)N[C@@H](CCCCNC(=O)[C@H](Cc1cccc2ccccc12)NC(=O)C1CCC(CNC(=O)CN2CCN(CC(=O)O)CCN(CC(=O)O)CCN(CC(=O)O)CC2)CC1)C(=O)O)C(=O)O. The predicted octanol–water partition coefficient (Wildman–Crippen LogP) is -0.378. The van der Waals surface area contributed by atoms with E-state index in [1.165, 1.54) is 0 Å². The van der Waals surface area contributed by atoms with Crippen molar-refractivity contribution in [2.45, 2.75) is 82.3 Å². The van der Waals surface area contributed by atoms with E-state index in [1.54, 1.807) is 14.7 Å². The standard InChI is InChI=1S/C49H71N9O16/c59-40(28-55-18-20-56(29-42(62)63)22-24-58(31-44(66)67)25-23-57(21-19-55)30-43(64)65)51-27-32-11-13-34(14-12-32)45(68)52-39(26-35-8-5-7-33-6-1-2-9-36(33)35)46(69)50-17-4-3-10-37(47(70)71)53-49(74)54-38(48(72)73)15-16-41(60)61/h1-2,5-9,32,34,37-39H,3-4,10-31H2,(H,50,69)(H,51,59)(H,52,68)(H,60,61)(H,62,63)(H,64,65)(H,66,67)(H,70,71)(H,72,73)(H2,53,54,74)/t32?,34?,37-,38-,39-/m0/s1. The second-order valence-electron chi connectivity index (χ2n) is 18.8. The van der Waals surface area contributed by atoms with Gasteiger partial charge in [0.15, 0.2) is 0 Å². The van der Waals surface area contributed by atoms with Crippen molar-refractivity contribution in [2.24, 2.45) is 11.8 Å². The van der Waals surface area contributed by atoms with Crippen LogP contribution in [0.2, 0.25) is 0 Å². The second kappa shape index (κ2) is 30.9. The molecule has 25 nitrogen and oxygen atoms in total. The van der Waals surface area contributed by atoms with Crippen LogP contribution in [-0.4, -0.2) is 220 Å². The van der Waals surface area contributed by atoms with Gasteiger partial charge in [0.1, 0.15) is 18.1 Å². The largest absolute Gasteiger partial charge is 0.481 e. The molecule has 0 bridgehead atoms. The molecular formula is C49H71N9O16. The number of carbonyl (C=O) groups excluding carboxylic acids is 4. The first-order valence-corrected chi connectivity index (χ1v) is 24.9. The third-order valence-corrected chi connectivity index (χ3v) is 13.2. The second-order valence-corrected chi connectivity index (χ2v) is 18.8. The number of unbranched alkanes of at least 4 members (excludes halogenated alkanes) is 1. The van der Waals surface area contributed by atoms with E-state index < -0.39 is 84.6 Å². The summed E-state index contributed by atoms with van der Waals surface area (Å²) in [5.41, 5.74) is 0.831. The van der Waals surface area contributed by atoms with E-state index in [1.807, 2.05) is 47.4 Å². The minimum atomic E-state index is -1.55. The van der Waals surface area contributed by atoms with Gasteiger partial charge < -0.3 is 57.2 Å². The van der Waals surface area contributed by atoms with E-state index in [-0.39, 0.29) is 115 Å². The maximum Gasteiger partial charge on any atom is 0.326 e. The zero-order valence-electron chi connectivity index (χ0n) is 41.5. The van der Waals surface area contributed by atoms with Gasteiger partial charge in [-0.3, -0.25) is 53.2 Å². The molecule has 408 valence electrons. The molecule has 0 radical (unpaired) electrons. The number of benzene rings is 2. The van der Waals surface area contributed by atoms with Crippen molar-refractivity contribution in [1.29, 1.82) is 0 Å². The first kappa shape index (κ1) is 59.6. The summed E-state index contributed by atoms with van der Waals surface area (Å²) in [6.45, 7) is 1.72. The molecule has 0 spiro atoms. The molecule has 0 unspecified atom stereocenters. The van der Waals surface area contributed by atoms with Gasteiger partial charge in [-0.2, -0.15) is 0 Å². The highest BCUT2D eigenvalue weighted by molar-refractivity contribution is 5.91. The van der Waals surface area contributed by atoms with Crippen molar-refractivity contribution in [3.8, 4) is 0 Å². The molecule has 25 heteroatoms. The van der Waals surface area contributed by atoms with Gasteiger partial charge in [0, 0.05) is 84.2 Å². The summed E-state index contributed by atoms with van der Waals surface area (Å²) in [6.07, 6.45) is 1.90. The van der Waals surface area contributed by atoms with Crippen molar-refractivity contribution in [2.75, 3.05) is 91.6 Å². The van der Waals surface area contributed by atoms with Gasteiger partial charge in [-0.25, -0.2) is 14.4 Å². The highest BCUT2D eigenvalue weighted by Crippen LogP contribution is 2.29. The Morgan fingerprint density at radius 3 is 1.54 bits per heavy atom. The summed E-state index contributed by atoms with van der Waals surface area (Å²) in [7, 11) is 0. The molecule has 3 atom stereocenters. The fourth-order valence-corrected chi connectivity index (χ4v) is 9.07. The Balaban J connectivity index is 1.30. The van der Waals surface area contributed by atoms with Crippen LogP contribution in [0.15, 0.2) is 42.5 Å². The van der Waals surface area contributed by atoms with Gasteiger partial charge in [0.2, 0.25) is 17.7 Å². The van der Waals surface area contributed by atoms with Gasteiger partial charge in [0.05, 0.1) is 26.2 Å². The maximum absolute atomic E-state index is 13.9. The van der Waals surface area contributed by atoms with E-state index in [9.17, 15) is 73.5 Å². The highest BCUT2D eigenvalue weighted by Gasteiger charge is 2.31. The monoisotopic (exact) mass is 1040 g/mol. The number of fused-ring (bicyclic) bond motifs is 1. The van der Waals surface area contributed by atoms with E-state index in [0.717, 1.165) is 16.3 Å². The zero-order valence-corrected chi connectivity index (χ0v) is 41.5. The third kappa shape index (κ3) is 22.0. The van der Waals surface area contributed by atoms with Gasteiger partial charge in [-0.1, -0.05) is 42.5 Å². The molecule has 74 heavy (non-hydrogen) atoms. The lowest BCUT2D eigenvalue weighted by molar-refractivity contribution is -0.141. The van der Waals surface area contributed by atoms with Crippen molar-refractivity contribution in [3.63, 3.8) is 0 Å². The van der Waals surface area contributed by atoms with Crippen LogP contribution >= 0.6 is 0 Å². The molecule has 2 aromatic carbocycles. The molecule has 4 rings (SSSR count). The fraction of sp³-hybridized carbons (Fsp3) is 0.592. The number of amides is 5. The number of hydrogen-bond donors (Lipinski definition) is 11. The average Bonchev–Trinajstić information content (AvgIpc) is 3.34. The number of hydrogen-bond acceptors (Lipinski definition) is 14. The molecule has 2 aromatic rings. The minimum absolute atomic E-state index is 0.0288. The molecule has 1 aliphatic carbocycles. The third-order valence-electron chi connectivity index (χ3n) is 13.2. The van der Waals surface area contributed by atoms with E-state index in [2.05, 4.69) is 26.6 Å². The van der Waals surface area contributed by atoms with E-state index in [4.69, 9.17) is 5.11 Å². The lowest BCUT2D eigenvalue weighted by Gasteiger charge is -2.33. The molecule has 1 heterocycles. The fourth-order valence-electron chi connectivity index (χ4n) is 9.07. The van der Waals surface area contributed by atoms with Gasteiger partial charge >= 0.3 is 41.8 Å². The summed E-state index contributed by atoms with van der Waals surface area (Å²) in [5.74, 6) is -8.67. The number of urea groups is 1. The Hall–Kier alpha value is -6.96. The molecule has 1 aliphatic heterocycles. The van der Waals surface area contributed by atoms with Crippen molar-refractivity contribution < 1.29 is 78.6 Å².